The molecule has 0 saturated carbocycles. The Morgan fingerprint density at radius 1 is 1.17 bits per heavy atom. The van der Waals surface area contributed by atoms with Crippen molar-refractivity contribution >= 4 is 22.8 Å². The summed E-state index contributed by atoms with van der Waals surface area (Å²) >= 11 is 0. The Morgan fingerprint density at radius 3 is 2.47 bits per heavy atom. The highest BCUT2D eigenvalue weighted by Crippen LogP contribution is 2.31. The highest BCUT2D eigenvalue weighted by atomic mass is 19.4. The average molecular weight is 421 g/mol. The molecule has 0 spiro atoms. The maximum Gasteiger partial charge on any atom is 0.433 e. The molecular formula is C20H18F3N3O4. The van der Waals surface area contributed by atoms with Crippen LogP contribution in [0.5, 0.6) is 5.75 Å². The van der Waals surface area contributed by atoms with Crippen molar-refractivity contribution in [2.45, 2.75) is 32.2 Å². The number of amides is 1. The van der Waals surface area contributed by atoms with E-state index in [1.54, 1.807) is 24.3 Å². The quantitative estimate of drug-likeness (QED) is 0.562. The summed E-state index contributed by atoms with van der Waals surface area (Å²) in [6, 6.07) is 8.96. The first-order valence-corrected chi connectivity index (χ1v) is 8.80. The zero-order valence-corrected chi connectivity index (χ0v) is 16.0. The topological polar surface area (TPSA) is 104 Å². The summed E-state index contributed by atoms with van der Waals surface area (Å²) < 4.78 is 43.7. The number of benzene rings is 1. The third-order valence-corrected chi connectivity index (χ3v) is 4.34. The molecule has 3 aromatic rings. The summed E-state index contributed by atoms with van der Waals surface area (Å²) in [5, 5.41) is 12.2. The number of carboxylic acids is 1. The molecule has 3 rings (SSSR count). The van der Waals surface area contributed by atoms with Gasteiger partial charge in [0.1, 0.15) is 23.5 Å². The first kappa shape index (κ1) is 21.2. The number of halogens is 3. The lowest BCUT2D eigenvalue weighted by Crippen LogP contribution is -2.49. The number of carbonyl (C=O) groups is 2. The zero-order valence-electron chi connectivity index (χ0n) is 16.0. The molecule has 10 heteroatoms. The van der Waals surface area contributed by atoms with Gasteiger partial charge >= 0.3 is 12.1 Å². The van der Waals surface area contributed by atoms with Crippen molar-refractivity contribution in [1.29, 1.82) is 0 Å². The van der Waals surface area contributed by atoms with Gasteiger partial charge in [0.15, 0.2) is 5.75 Å². The van der Waals surface area contributed by atoms with Crippen molar-refractivity contribution in [3.05, 3.63) is 59.5 Å². The number of carboxylic acid groups (broad SMARTS) is 1. The fourth-order valence-corrected chi connectivity index (χ4v) is 2.66. The molecule has 0 bridgehead atoms. The van der Waals surface area contributed by atoms with Gasteiger partial charge in [0.25, 0.3) is 5.91 Å². The Bertz CT molecular complexity index is 1090. The highest BCUT2D eigenvalue weighted by molar-refractivity contribution is 6.04. The largest absolute Gasteiger partial charge is 0.486 e. The normalized spacial score (nSPS) is 12.0. The molecule has 3 N–H and O–H groups in total. The van der Waals surface area contributed by atoms with Crippen LogP contribution in [-0.4, -0.2) is 32.5 Å². The van der Waals surface area contributed by atoms with Crippen LogP contribution in [0.1, 0.15) is 35.6 Å². The number of aliphatic carboxylic acids is 1. The molecule has 0 saturated heterocycles. The smallest absolute Gasteiger partial charge is 0.433 e. The number of nitrogens with zero attached hydrogens (tertiary/aromatic N) is 1. The molecule has 0 aliphatic heterocycles. The van der Waals surface area contributed by atoms with E-state index < -0.39 is 29.3 Å². The van der Waals surface area contributed by atoms with E-state index in [1.807, 2.05) is 0 Å². The van der Waals surface area contributed by atoms with Gasteiger partial charge in [-0.05, 0) is 32.0 Å². The van der Waals surface area contributed by atoms with Gasteiger partial charge in [-0.2, -0.15) is 13.2 Å². The van der Waals surface area contributed by atoms with Crippen molar-refractivity contribution in [3.8, 4) is 5.75 Å². The number of carbonyl (C=O) groups excluding carboxylic acids is 1. The molecular weight excluding hydrogens is 403 g/mol. The third kappa shape index (κ3) is 4.37. The summed E-state index contributed by atoms with van der Waals surface area (Å²) in [4.78, 5) is 30.3. The van der Waals surface area contributed by atoms with Gasteiger partial charge in [-0.25, -0.2) is 4.79 Å². The molecule has 1 aromatic carbocycles. The fourth-order valence-electron chi connectivity index (χ4n) is 2.66. The van der Waals surface area contributed by atoms with E-state index in [0.717, 1.165) is 12.3 Å². The Hall–Kier alpha value is -3.56. The Labute approximate surface area is 168 Å². The van der Waals surface area contributed by atoms with Gasteiger partial charge in [0, 0.05) is 22.7 Å². The number of alkyl halides is 3. The summed E-state index contributed by atoms with van der Waals surface area (Å²) in [5.41, 5.74) is -1.59. The predicted molar refractivity (Wildman–Crippen MR) is 101 cm³/mol. The van der Waals surface area contributed by atoms with Gasteiger partial charge in [-0.1, -0.05) is 18.2 Å². The molecule has 1 amide bonds. The average Bonchev–Trinajstić information content (AvgIpc) is 3.04. The third-order valence-electron chi connectivity index (χ3n) is 4.34. The second-order valence-corrected chi connectivity index (χ2v) is 7.10. The number of rotatable bonds is 6. The standard InChI is InChI=1S/C20H18F3N3O4/c1-19(2,18(28)29)26-17(27)15-16(12-5-3-4-6-13(12)25-15)30-10-11-7-8-14(24-9-11)20(21,22)23/h3-9,25H,10H2,1-2H3,(H,26,27)(H,28,29). The number of hydrogen-bond donors (Lipinski definition) is 3. The number of para-hydroxylation sites is 1. The Morgan fingerprint density at radius 2 is 1.87 bits per heavy atom. The zero-order chi connectivity index (χ0) is 22.1. The lowest BCUT2D eigenvalue weighted by Gasteiger charge is -2.21. The summed E-state index contributed by atoms with van der Waals surface area (Å²) in [7, 11) is 0. The van der Waals surface area contributed by atoms with Crippen LogP contribution in [0.25, 0.3) is 10.9 Å². The van der Waals surface area contributed by atoms with Crippen LogP contribution in [0.4, 0.5) is 13.2 Å². The number of ether oxygens (including phenoxy) is 1. The monoisotopic (exact) mass is 421 g/mol. The van der Waals surface area contributed by atoms with E-state index in [4.69, 9.17) is 4.74 Å². The highest BCUT2D eigenvalue weighted by Gasteiger charge is 2.33. The number of hydrogen-bond acceptors (Lipinski definition) is 4. The molecule has 0 aliphatic carbocycles. The number of aromatic amines is 1. The van der Waals surface area contributed by atoms with Crippen molar-refractivity contribution in [1.82, 2.24) is 15.3 Å². The van der Waals surface area contributed by atoms with Crippen LogP contribution in [0.3, 0.4) is 0 Å². The van der Waals surface area contributed by atoms with E-state index in [2.05, 4.69) is 15.3 Å². The molecule has 0 atom stereocenters. The number of pyridine rings is 1. The Balaban J connectivity index is 1.88. The SMILES string of the molecule is CC(C)(NC(=O)c1[nH]c2ccccc2c1OCc1ccc(C(F)(F)F)nc1)C(=O)O. The van der Waals surface area contributed by atoms with Crippen LogP contribution in [0.2, 0.25) is 0 Å². The number of H-pyrrole nitrogens is 1. The molecule has 30 heavy (non-hydrogen) atoms. The minimum absolute atomic E-state index is 0.00500. The van der Waals surface area contributed by atoms with Crippen molar-refractivity contribution in [2.24, 2.45) is 0 Å². The molecule has 2 aromatic heterocycles. The second kappa shape index (κ2) is 7.69. The maximum atomic E-state index is 12.7. The van der Waals surface area contributed by atoms with Crippen LogP contribution in [-0.2, 0) is 17.6 Å². The van der Waals surface area contributed by atoms with Gasteiger partial charge in [0.05, 0.1) is 0 Å². The van der Waals surface area contributed by atoms with E-state index >= 15 is 0 Å². The minimum Gasteiger partial charge on any atom is -0.486 e. The van der Waals surface area contributed by atoms with Gasteiger partial charge in [-0.15, -0.1) is 0 Å². The molecule has 0 radical (unpaired) electrons. The predicted octanol–water partition coefficient (Wildman–Crippen LogP) is 3.75. The summed E-state index contributed by atoms with van der Waals surface area (Å²) in [5.74, 6) is -1.76. The lowest BCUT2D eigenvalue weighted by atomic mass is 10.1. The summed E-state index contributed by atoms with van der Waals surface area (Å²) in [6.45, 7) is 2.53. The van der Waals surface area contributed by atoms with E-state index in [9.17, 15) is 27.9 Å². The molecule has 0 fully saturated rings. The molecule has 0 aliphatic rings. The van der Waals surface area contributed by atoms with Crippen molar-refractivity contribution < 1.29 is 32.6 Å². The number of fused-ring (bicyclic) bond motifs is 1. The van der Waals surface area contributed by atoms with Crippen LogP contribution < -0.4 is 10.1 Å². The first-order chi connectivity index (χ1) is 14.0. The number of nitrogens with one attached hydrogen (secondary N) is 2. The van der Waals surface area contributed by atoms with Crippen molar-refractivity contribution in [3.63, 3.8) is 0 Å². The molecule has 7 nitrogen and oxygen atoms in total. The van der Waals surface area contributed by atoms with Crippen molar-refractivity contribution in [2.75, 3.05) is 0 Å². The van der Waals surface area contributed by atoms with E-state index in [0.29, 0.717) is 16.5 Å². The second-order valence-electron chi connectivity index (χ2n) is 7.10. The molecule has 158 valence electrons. The lowest BCUT2D eigenvalue weighted by molar-refractivity contribution is -0.143. The van der Waals surface area contributed by atoms with Crippen LogP contribution in [0, 0.1) is 0 Å². The van der Waals surface area contributed by atoms with Gasteiger partial charge < -0.3 is 20.1 Å². The molecule has 2 heterocycles. The maximum absolute atomic E-state index is 12.7. The van der Waals surface area contributed by atoms with E-state index in [-0.39, 0.29) is 18.1 Å². The summed E-state index contributed by atoms with van der Waals surface area (Å²) in [6.07, 6.45) is -3.50. The molecule has 0 unspecified atom stereocenters. The minimum atomic E-state index is -4.54. The van der Waals surface area contributed by atoms with Crippen LogP contribution >= 0.6 is 0 Å². The van der Waals surface area contributed by atoms with Gasteiger partial charge in [0.2, 0.25) is 0 Å². The number of aromatic nitrogens is 2. The fraction of sp³-hybridized carbons (Fsp3) is 0.250. The first-order valence-electron chi connectivity index (χ1n) is 8.80. The Kier molecular flexibility index (Phi) is 5.43. The van der Waals surface area contributed by atoms with Gasteiger partial charge in [-0.3, -0.25) is 9.78 Å². The van der Waals surface area contributed by atoms with Crippen LogP contribution in [0.15, 0.2) is 42.6 Å². The van der Waals surface area contributed by atoms with E-state index in [1.165, 1.54) is 19.9 Å².